The number of hydrogen-bond acceptors (Lipinski definition) is 9. The molecule has 4 heterocycles. The molecule has 11 nitrogen and oxygen atoms in total. The maximum Gasteiger partial charge on any atom is 0.410 e. The molecule has 3 aliphatic rings. The number of rotatable bonds is 9. The third-order valence-electron chi connectivity index (χ3n) is 8.64. The summed E-state index contributed by atoms with van der Waals surface area (Å²) in [6.45, 7) is 7.77. The van der Waals surface area contributed by atoms with Crippen LogP contribution in [0.15, 0.2) is 36.7 Å². The van der Waals surface area contributed by atoms with Gasteiger partial charge in [0.1, 0.15) is 23.4 Å². The van der Waals surface area contributed by atoms with Crippen molar-refractivity contribution in [3.05, 3.63) is 42.5 Å². The standard InChI is InChI=1S/C33H43FN6O5/c1-33(2,3)45-32(41)40(23-8-7-9-23)24-13-14-38(20-24)30-12-11-28(36-37-30)26-16-27(34)25(17-29(26)44-21-42-4)22-18-35-39(19-22)31-10-5-6-15-43-31/h11-12,16-19,23-24,31H,5-10,13-15,20-21H2,1-4H3/t24-,31?/m1/s1. The van der Waals surface area contributed by atoms with Crippen molar-refractivity contribution < 1.29 is 28.1 Å². The van der Waals surface area contributed by atoms with Crippen LogP contribution in [0.4, 0.5) is 15.0 Å². The molecule has 6 rings (SSSR count). The molecule has 2 aliphatic heterocycles. The summed E-state index contributed by atoms with van der Waals surface area (Å²) in [4.78, 5) is 17.2. The minimum atomic E-state index is -0.548. The van der Waals surface area contributed by atoms with Gasteiger partial charge in [-0.15, -0.1) is 10.2 Å². The third kappa shape index (κ3) is 7.06. The first-order valence-corrected chi connectivity index (χ1v) is 15.9. The molecule has 0 N–H and O–H groups in total. The predicted octanol–water partition coefficient (Wildman–Crippen LogP) is 6.20. The zero-order chi connectivity index (χ0) is 31.6. The summed E-state index contributed by atoms with van der Waals surface area (Å²) in [7, 11) is 1.53. The molecule has 0 spiro atoms. The average Bonchev–Trinajstić information content (AvgIpc) is 3.69. The second kappa shape index (κ2) is 13.3. The minimum Gasteiger partial charge on any atom is -0.467 e. The van der Waals surface area contributed by atoms with E-state index >= 15 is 4.39 Å². The number of amides is 1. The zero-order valence-electron chi connectivity index (χ0n) is 26.6. The molecule has 45 heavy (non-hydrogen) atoms. The second-order valence-electron chi connectivity index (χ2n) is 13.0. The molecule has 3 fully saturated rings. The van der Waals surface area contributed by atoms with Crippen molar-refractivity contribution in [2.45, 2.75) is 89.6 Å². The van der Waals surface area contributed by atoms with E-state index in [4.69, 9.17) is 18.9 Å². The first-order chi connectivity index (χ1) is 21.7. The van der Waals surface area contributed by atoms with Crippen molar-refractivity contribution in [1.82, 2.24) is 24.9 Å². The van der Waals surface area contributed by atoms with E-state index in [0.29, 0.717) is 47.1 Å². The number of aromatic nitrogens is 4. The van der Waals surface area contributed by atoms with Crippen LogP contribution in [0.5, 0.6) is 5.75 Å². The van der Waals surface area contributed by atoms with Gasteiger partial charge in [0.25, 0.3) is 0 Å². The Balaban J connectivity index is 1.19. The molecule has 2 aromatic heterocycles. The van der Waals surface area contributed by atoms with Crippen LogP contribution >= 0.6 is 0 Å². The number of hydrogen-bond donors (Lipinski definition) is 0. The van der Waals surface area contributed by atoms with Gasteiger partial charge in [0, 0.05) is 55.7 Å². The van der Waals surface area contributed by atoms with Crippen molar-refractivity contribution >= 4 is 11.9 Å². The number of benzene rings is 1. The van der Waals surface area contributed by atoms with E-state index in [1.807, 2.05) is 37.8 Å². The van der Waals surface area contributed by atoms with Crippen LogP contribution in [0.1, 0.15) is 71.9 Å². The van der Waals surface area contributed by atoms with Crippen molar-refractivity contribution in [1.29, 1.82) is 0 Å². The maximum atomic E-state index is 15.6. The van der Waals surface area contributed by atoms with E-state index in [-0.39, 0.29) is 31.2 Å². The predicted molar refractivity (Wildman–Crippen MR) is 166 cm³/mol. The highest BCUT2D eigenvalue weighted by molar-refractivity contribution is 5.75. The Morgan fingerprint density at radius 1 is 1.07 bits per heavy atom. The van der Waals surface area contributed by atoms with E-state index in [1.165, 1.54) is 13.2 Å². The summed E-state index contributed by atoms with van der Waals surface area (Å²) in [6, 6.07) is 7.03. The van der Waals surface area contributed by atoms with E-state index < -0.39 is 11.4 Å². The van der Waals surface area contributed by atoms with Gasteiger partial charge in [-0.05, 0) is 90.0 Å². The van der Waals surface area contributed by atoms with Crippen LogP contribution in [0.25, 0.3) is 22.4 Å². The molecular formula is C33H43FN6O5. The largest absolute Gasteiger partial charge is 0.467 e. The summed E-state index contributed by atoms with van der Waals surface area (Å²) in [5, 5.41) is 13.4. The number of halogens is 1. The van der Waals surface area contributed by atoms with Crippen molar-refractivity contribution in [3.63, 3.8) is 0 Å². The van der Waals surface area contributed by atoms with E-state index in [9.17, 15) is 4.79 Å². The van der Waals surface area contributed by atoms with Crippen molar-refractivity contribution in [2.75, 3.05) is 38.5 Å². The van der Waals surface area contributed by atoms with Crippen molar-refractivity contribution in [2.24, 2.45) is 0 Å². The second-order valence-corrected chi connectivity index (χ2v) is 13.0. The average molecular weight is 623 g/mol. The fourth-order valence-corrected chi connectivity index (χ4v) is 6.17. The van der Waals surface area contributed by atoms with Crippen LogP contribution in [0.2, 0.25) is 0 Å². The lowest BCUT2D eigenvalue weighted by Crippen LogP contribution is -2.52. The lowest BCUT2D eigenvalue weighted by atomic mass is 9.90. The van der Waals surface area contributed by atoms with Crippen molar-refractivity contribution in [3.8, 4) is 28.1 Å². The van der Waals surface area contributed by atoms with Gasteiger partial charge < -0.3 is 28.7 Å². The molecule has 12 heteroatoms. The number of anilines is 1. The van der Waals surface area contributed by atoms with Crippen LogP contribution < -0.4 is 9.64 Å². The van der Waals surface area contributed by atoms with E-state index in [1.54, 1.807) is 23.1 Å². The highest BCUT2D eigenvalue weighted by Crippen LogP contribution is 2.37. The van der Waals surface area contributed by atoms with Crippen LogP contribution in [-0.4, -0.2) is 82.3 Å². The fourth-order valence-electron chi connectivity index (χ4n) is 6.17. The molecule has 1 aliphatic carbocycles. The number of nitrogens with zero attached hydrogens (tertiary/aromatic N) is 6. The van der Waals surface area contributed by atoms with Gasteiger partial charge in [-0.25, -0.2) is 13.9 Å². The first kappa shape index (κ1) is 31.2. The monoisotopic (exact) mass is 622 g/mol. The first-order valence-electron chi connectivity index (χ1n) is 15.9. The van der Waals surface area contributed by atoms with Crippen LogP contribution in [0.3, 0.4) is 0 Å². The summed E-state index contributed by atoms with van der Waals surface area (Å²) < 4.78 is 40.0. The summed E-state index contributed by atoms with van der Waals surface area (Å²) in [5.41, 5.74) is 1.38. The molecule has 1 unspecified atom stereocenters. The quantitative estimate of drug-likeness (QED) is 0.258. The number of carbonyl (C=O) groups excluding carboxylic acids is 1. The number of methoxy groups -OCH3 is 1. The van der Waals surface area contributed by atoms with Gasteiger partial charge in [-0.2, -0.15) is 5.10 Å². The third-order valence-corrected chi connectivity index (χ3v) is 8.64. The van der Waals surface area contributed by atoms with Gasteiger partial charge >= 0.3 is 6.09 Å². The molecular weight excluding hydrogens is 579 g/mol. The molecule has 0 bridgehead atoms. The molecule has 1 aromatic carbocycles. The number of carbonyl (C=O) groups is 1. The Morgan fingerprint density at radius 2 is 1.91 bits per heavy atom. The Kier molecular flexibility index (Phi) is 9.23. The smallest absolute Gasteiger partial charge is 0.410 e. The van der Waals surface area contributed by atoms with Gasteiger partial charge in [0.15, 0.2) is 12.6 Å². The van der Waals surface area contributed by atoms with Gasteiger partial charge in [0.05, 0.1) is 17.9 Å². The molecule has 1 saturated carbocycles. The van der Waals surface area contributed by atoms with E-state index in [2.05, 4.69) is 20.2 Å². The van der Waals surface area contributed by atoms with Crippen LogP contribution in [-0.2, 0) is 14.2 Å². The van der Waals surface area contributed by atoms with Gasteiger partial charge in [0.2, 0.25) is 0 Å². The lowest BCUT2D eigenvalue weighted by molar-refractivity contribution is -0.0394. The zero-order valence-corrected chi connectivity index (χ0v) is 26.6. The molecule has 1 amide bonds. The minimum absolute atomic E-state index is 0.0108. The number of ether oxygens (including phenoxy) is 4. The highest BCUT2D eigenvalue weighted by atomic mass is 19.1. The van der Waals surface area contributed by atoms with E-state index in [0.717, 1.165) is 51.5 Å². The Morgan fingerprint density at radius 3 is 2.58 bits per heavy atom. The fraction of sp³-hybridized carbons (Fsp3) is 0.576. The summed E-state index contributed by atoms with van der Waals surface area (Å²) in [5.74, 6) is 0.699. The summed E-state index contributed by atoms with van der Waals surface area (Å²) in [6.07, 6.45) is 10.0. The SMILES string of the molecule is COCOc1cc(-c2cnn(C3CCCCO3)c2)c(F)cc1-c1ccc(N2CC[C@@H](N(C(=O)OC(C)(C)C)C3CCC3)C2)nn1. The maximum absolute atomic E-state index is 15.6. The molecule has 2 atom stereocenters. The molecule has 3 aromatic rings. The topological polar surface area (TPSA) is 104 Å². The highest BCUT2D eigenvalue weighted by Gasteiger charge is 2.40. The van der Waals surface area contributed by atoms with Crippen LogP contribution in [0, 0.1) is 5.82 Å². The lowest BCUT2D eigenvalue weighted by Gasteiger charge is -2.41. The van der Waals surface area contributed by atoms with Gasteiger partial charge in [-0.1, -0.05) is 0 Å². The Hall–Kier alpha value is -3.77. The molecule has 242 valence electrons. The molecule has 0 radical (unpaired) electrons. The Labute approximate surface area is 263 Å². The Bertz CT molecular complexity index is 1470. The molecule has 2 saturated heterocycles. The summed E-state index contributed by atoms with van der Waals surface area (Å²) >= 11 is 0. The van der Waals surface area contributed by atoms with Gasteiger partial charge in [-0.3, -0.25) is 0 Å². The normalized spacial score (nSPS) is 20.6.